The summed E-state index contributed by atoms with van der Waals surface area (Å²) in [6.07, 6.45) is -3.08. The molecule has 9 heteroatoms. The number of aliphatic hydroxyl groups excluding tert-OH is 1. The van der Waals surface area contributed by atoms with Crippen LogP contribution < -0.4 is 4.74 Å². The van der Waals surface area contributed by atoms with Crippen LogP contribution in [0.5, 0.6) is 5.75 Å². The second-order valence-electron chi connectivity index (χ2n) is 9.22. The number of ether oxygens (including phenoxy) is 1. The highest BCUT2D eigenvalue weighted by molar-refractivity contribution is 6.46. The highest BCUT2D eigenvalue weighted by Crippen LogP contribution is 2.41. The van der Waals surface area contributed by atoms with Crippen LogP contribution >= 0.6 is 0 Å². The lowest BCUT2D eigenvalue weighted by Gasteiger charge is -2.25. The van der Waals surface area contributed by atoms with E-state index >= 15 is 0 Å². The number of hydrogen-bond donors (Lipinski definition) is 1. The largest absolute Gasteiger partial charge is 0.507 e. The summed E-state index contributed by atoms with van der Waals surface area (Å²) in [5.74, 6) is -1.58. The lowest BCUT2D eigenvalue weighted by Crippen LogP contribution is -2.29. The van der Waals surface area contributed by atoms with Crippen molar-refractivity contribution >= 4 is 17.4 Å². The number of benzene rings is 2. The van der Waals surface area contributed by atoms with Crippen molar-refractivity contribution in [3.05, 3.63) is 100 Å². The van der Waals surface area contributed by atoms with Crippen LogP contribution in [-0.4, -0.2) is 33.3 Å². The van der Waals surface area contributed by atoms with Gasteiger partial charge in [-0.15, -0.1) is 0 Å². The number of halogens is 3. The molecule has 1 fully saturated rings. The Morgan fingerprint density at radius 3 is 2.47 bits per heavy atom. The first-order valence-electron chi connectivity index (χ1n) is 12.2. The summed E-state index contributed by atoms with van der Waals surface area (Å²) in [7, 11) is 0. The normalized spacial score (nSPS) is 17.3. The number of pyridine rings is 1. The zero-order valence-corrected chi connectivity index (χ0v) is 21.1. The molecule has 1 aliphatic heterocycles. The van der Waals surface area contributed by atoms with Gasteiger partial charge in [-0.3, -0.25) is 14.6 Å². The fraction of sp³-hybridized carbons (Fsp3) is 0.276. The van der Waals surface area contributed by atoms with Gasteiger partial charge >= 0.3 is 6.18 Å². The fourth-order valence-corrected chi connectivity index (χ4v) is 4.52. The van der Waals surface area contributed by atoms with Crippen molar-refractivity contribution in [1.82, 2.24) is 9.88 Å². The highest BCUT2D eigenvalue weighted by atomic mass is 19.4. The van der Waals surface area contributed by atoms with Crippen LogP contribution in [0.4, 0.5) is 13.2 Å². The van der Waals surface area contributed by atoms with Crippen molar-refractivity contribution in [1.29, 1.82) is 0 Å². The summed E-state index contributed by atoms with van der Waals surface area (Å²) in [6, 6.07) is 13.4. The van der Waals surface area contributed by atoms with E-state index in [0.29, 0.717) is 23.6 Å². The van der Waals surface area contributed by atoms with Crippen molar-refractivity contribution in [3.8, 4) is 5.75 Å². The number of likely N-dealkylation sites (tertiary alicyclic amines) is 1. The Hall–Kier alpha value is -4.14. The first-order valence-corrected chi connectivity index (χ1v) is 12.2. The van der Waals surface area contributed by atoms with Crippen LogP contribution in [0.2, 0.25) is 0 Å². The molecule has 0 bridgehead atoms. The number of ketones is 1. The van der Waals surface area contributed by atoms with E-state index in [2.05, 4.69) is 4.98 Å². The number of aliphatic hydroxyl groups is 1. The van der Waals surface area contributed by atoms with Gasteiger partial charge in [0.1, 0.15) is 17.6 Å². The molecule has 0 spiro atoms. The zero-order valence-electron chi connectivity index (χ0n) is 21.1. The molecule has 1 unspecified atom stereocenters. The van der Waals surface area contributed by atoms with Crippen LogP contribution in [0.15, 0.2) is 72.4 Å². The lowest BCUT2D eigenvalue weighted by atomic mass is 9.94. The number of hydrogen-bond acceptors (Lipinski definition) is 5. The summed E-state index contributed by atoms with van der Waals surface area (Å²) < 4.78 is 45.6. The maximum absolute atomic E-state index is 13.3. The Kier molecular flexibility index (Phi) is 7.57. The van der Waals surface area contributed by atoms with Gasteiger partial charge < -0.3 is 14.7 Å². The van der Waals surface area contributed by atoms with E-state index < -0.39 is 35.2 Å². The molecule has 3 aromatic rings. The van der Waals surface area contributed by atoms with Gasteiger partial charge in [0.2, 0.25) is 0 Å². The van der Waals surface area contributed by atoms with Gasteiger partial charge in [-0.2, -0.15) is 13.2 Å². The second-order valence-corrected chi connectivity index (χ2v) is 9.22. The summed E-state index contributed by atoms with van der Waals surface area (Å²) in [4.78, 5) is 31.9. The zero-order chi connectivity index (χ0) is 27.6. The third kappa shape index (κ3) is 5.27. The molecule has 1 aliphatic rings. The van der Waals surface area contributed by atoms with Crippen LogP contribution in [0.3, 0.4) is 0 Å². The molecular formula is C29H27F3N2O4. The Morgan fingerprint density at radius 2 is 1.84 bits per heavy atom. The molecule has 1 N–H and O–H groups in total. The lowest BCUT2D eigenvalue weighted by molar-refractivity contribution is -0.140. The van der Waals surface area contributed by atoms with Crippen molar-refractivity contribution in [3.63, 3.8) is 0 Å². The molecule has 4 rings (SSSR count). The van der Waals surface area contributed by atoms with E-state index in [0.717, 1.165) is 22.6 Å². The minimum Gasteiger partial charge on any atom is -0.507 e. The van der Waals surface area contributed by atoms with Crippen molar-refractivity contribution in [2.24, 2.45) is 0 Å². The molecule has 1 saturated heterocycles. The molecule has 1 amide bonds. The molecule has 0 aliphatic carbocycles. The molecule has 0 saturated carbocycles. The highest BCUT2D eigenvalue weighted by Gasteiger charge is 2.47. The maximum Gasteiger partial charge on any atom is 0.416 e. The van der Waals surface area contributed by atoms with Crippen LogP contribution in [-0.2, 0) is 22.3 Å². The standard InChI is InChI=1S/C29H27F3N2O4/c1-4-38-23-12-11-19(15-21(23)17(2)3)26(35)24-25(22-10-5-6-13-33-22)34(28(37)27(24)36)16-18-8-7-9-20(14-18)29(30,31)32/h5-15,17,25,35H,4,16H2,1-3H3/b26-24-. The van der Waals surface area contributed by atoms with Crippen molar-refractivity contribution in [2.45, 2.75) is 45.5 Å². The Bertz CT molecular complexity index is 1380. The summed E-state index contributed by atoms with van der Waals surface area (Å²) in [5.41, 5.74) is 0.566. The van der Waals surface area contributed by atoms with Gasteiger partial charge in [-0.1, -0.05) is 32.0 Å². The summed E-state index contributed by atoms with van der Waals surface area (Å²) in [5, 5.41) is 11.4. The summed E-state index contributed by atoms with van der Waals surface area (Å²) >= 11 is 0. The number of aromatic nitrogens is 1. The quantitative estimate of drug-likeness (QED) is 0.225. The molecule has 1 atom stereocenters. The van der Waals surface area contributed by atoms with Crippen molar-refractivity contribution in [2.75, 3.05) is 6.61 Å². The predicted octanol–water partition coefficient (Wildman–Crippen LogP) is 6.24. The minimum absolute atomic E-state index is 0.0409. The Balaban J connectivity index is 1.84. The number of amides is 1. The SMILES string of the molecule is CCOc1ccc(/C(O)=C2/C(=O)C(=O)N(Cc3cccc(C(F)(F)F)c3)C2c2ccccn2)cc1C(C)C. The van der Waals surface area contributed by atoms with E-state index in [1.807, 2.05) is 20.8 Å². The van der Waals surface area contributed by atoms with E-state index in [1.54, 1.807) is 36.4 Å². The van der Waals surface area contributed by atoms with Crippen LogP contribution in [0.1, 0.15) is 60.7 Å². The number of rotatable bonds is 7. The smallest absolute Gasteiger partial charge is 0.416 e. The number of carbonyl (C=O) groups excluding carboxylic acids is 2. The van der Waals surface area contributed by atoms with E-state index in [1.165, 1.54) is 18.3 Å². The number of Topliss-reactive ketones (excluding diaryl/α,β-unsaturated/α-hetero) is 1. The average molecular weight is 525 g/mol. The maximum atomic E-state index is 13.3. The van der Waals surface area contributed by atoms with Gasteiger partial charge in [0.15, 0.2) is 0 Å². The van der Waals surface area contributed by atoms with Crippen LogP contribution in [0.25, 0.3) is 5.76 Å². The molecular weight excluding hydrogens is 497 g/mol. The first kappa shape index (κ1) is 26.9. The Morgan fingerprint density at radius 1 is 1.08 bits per heavy atom. The van der Waals surface area contributed by atoms with Crippen molar-refractivity contribution < 1.29 is 32.6 Å². The van der Waals surface area contributed by atoms with E-state index in [9.17, 15) is 27.9 Å². The number of alkyl halides is 3. The number of carbonyl (C=O) groups is 2. The monoisotopic (exact) mass is 524 g/mol. The molecule has 1 aromatic heterocycles. The minimum atomic E-state index is -4.56. The first-order chi connectivity index (χ1) is 18.0. The Labute approximate surface area is 218 Å². The second kappa shape index (κ2) is 10.7. The molecule has 2 heterocycles. The van der Waals surface area contributed by atoms with E-state index in [-0.39, 0.29) is 23.6 Å². The topological polar surface area (TPSA) is 79.7 Å². The van der Waals surface area contributed by atoms with Gasteiger partial charge in [-0.05, 0) is 66.4 Å². The predicted molar refractivity (Wildman–Crippen MR) is 135 cm³/mol. The summed E-state index contributed by atoms with van der Waals surface area (Å²) in [6.45, 7) is 5.95. The fourth-order valence-electron chi connectivity index (χ4n) is 4.52. The molecule has 198 valence electrons. The molecule has 0 radical (unpaired) electrons. The van der Waals surface area contributed by atoms with E-state index in [4.69, 9.17) is 4.74 Å². The van der Waals surface area contributed by atoms with Gasteiger partial charge in [0.05, 0.1) is 23.4 Å². The average Bonchev–Trinajstić information content (AvgIpc) is 3.13. The third-order valence-corrected chi connectivity index (χ3v) is 6.32. The van der Waals surface area contributed by atoms with Gasteiger partial charge in [0, 0.05) is 18.3 Å². The molecule has 6 nitrogen and oxygen atoms in total. The van der Waals surface area contributed by atoms with Gasteiger partial charge in [0.25, 0.3) is 11.7 Å². The molecule has 2 aromatic carbocycles. The van der Waals surface area contributed by atoms with Gasteiger partial charge in [-0.25, -0.2) is 0 Å². The van der Waals surface area contributed by atoms with Crippen LogP contribution in [0, 0.1) is 0 Å². The molecule has 38 heavy (non-hydrogen) atoms. The third-order valence-electron chi connectivity index (χ3n) is 6.32. The number of nitrogens with zero attached hydrogens (tertiary/aromatic N) is 2.